The summed E-state index contributed by atoms with van der Waals surface area (Å²) in [7, 11) is 0. The van der Waals surface area contributed by atoms with Gasteiger partial charge in [0.2, 0.25) is 0 Å². The summed E-state index contributed by atoms with van der Waals surface area (Å²) in [4.78, 5) is 13.0. The number of H-pyrrole nitrogens is 1. The van der Waals surface area contributed by atoms with Gasteiger partial charge in [-0.05, 0) is 50.1 Å². The number of nitrogens with zero attached hydrogens (tertiary/aromatic N) is 2. The highest BCUT2D eigenvalue weighted by molar-refractivity contribution is 6.05. The first-order valence-electron chi connectivity index (χ1n) is 8.88. The number of aromatic nitrogens is 3. The Kier molecular flexibility index (Phi) is 4.09. The van der Waals surface area contributed by atoms with Gasteiger partial charge in [0, 0.05) is 17.6 Å². The van der Waals surface area contributed by atoms with Crippen LogP contribution in [0.5, 0.6) is 0 Å². The number of hydrogen-bond acceptors (Lipinski definition) is 3. The van der Waals surface area contributed by atoms with Crippen LogP contribution in [0.1, 0.15) is 17.7 Å². The van der Waals surface area contributed by atoms with E-state index in [-0.39, 0.29) is 5.56 Å². The van der Waals surface area contributed by atoms with E-state index in [2.05, 4.69) is 53.5 Å². The van der Waals surface area contributed by atoms with Gasteiger partial charge in [-0.25, -0.2) is 0 Å². The Balaban J connectivity index is 2.02. The van der Waals surface area contributed by atoms with Gasteiger partial charge in [-0.2, -0.15) is 5.10 Å². The molecule has 3 N–H and O–H groups in total. The van der Waals surface area contributed by atoms with Crippen molar-refractivity contribution < 1.29 is 0 Å². The first-order valence-corrected chi connectivity index (χ1v) is 8.88. The predicted octanol–water partition coefficient (Wildman–Crippen LogP) is 3.51. The monoisotopic (exact) mass is 346 g/mol. The van der Waals surface area contributed by atoms with Crippen LogP contribution in [0, 0.1) is 13.8 Å². The van der Waals surface area contributed by atoms with Crippen molar-refractivity contribution in [1.82, 2.24) is 14.8 Å². The summed E-state index contributed by atoms with van der Waals surface area (Å²) >= 11 is 0. The molecule has 2 aromatic carbocycles. The van der Waals surface area contributed by atoms with E-state index in [0.29, 0.717) is 18.5 Å². The molecule has 26 heavy (non-hydrogen) atoms. The Morgan fingerprint density at radius 1 is 1.08 bits per heavy atom. The van der Waals surface area contributed by atoms with Crippen molar-refractivity contribution in [2.75, 3.05) is 6.54 Å². The van der Waals surface area contributed by atoms with E-state index in [9.17, 15) is 4.79 Å². The molecule has 0 bridgehead atoms. The second kappa shape index (κ2) is 6.42. The van der Waals surface area contributed by atoms with Gasteiger partial charge in [0.05, 0.1) is 10.9 Å². The number of nitrogens with one attached hydrogen (secondary N) is 1. The van der Waals surface area contributed by atoms with Crippen LogP contribution < -0.4 is 11.3 Å². The lowest BCUT2D eigenvalue weighted by Gasteiger charge is -2.12. The number of rotatable bonds is 4. The van der Waals surface area contributed by atoms with Gasteiger partial charge in [0.1, 0.15) is 5.52 Å². The van der Waals surface area contributed by atoms with Crippen LogP contribution in [-0.2, 0) is 6.54 Å². The van der Waals surface area contributed by atoms with E-state index in [4.69, 9.17) is 5.73 Å². The summed E-state index contributed by atoms with van der Waals surface area (Å²) < 4.78 is 1.83. The maximum Gasteiger partial charge on any atom is 0.262 e. The van der Waals surface area contributed by atoms with Crippen molar-refractivity contribution >= 4 is 21.8 Å². The number of benzene rings is 2. The Morgan fingerprint density at radius 2 is 1.81 bits per heavy atom. The standard InChI is InChI=1S/C21H22N4O/c1-13-4-6-15(7-5-13)16-8-9-18-17(12-16)20-19(14(2)23-24-20)21(26)25(18)11-3-10-22/h4-9,12H,3,10-11,22H2,1-2H3,(H,23,24). The molecule has 4 rings (SSSR count). The lowest BCUT2D eigenvalue weighted by molar-refractivity contribution is 0.654. The SMILES string of the molecule is Cc1ccc(-c2ccc3c(c2)c2n[nH]c(C)c2c(=O)n3CCCN)cc1. The van der Waals surface area contributed by atoms with Crippen LogP contribution in [0.25, 0.3) is 32.9 Å². The van der Waals surface area contributed by atoms with Crippen molar-refractivity contribution in [3.05, 3.63) is 64.1 Å². The quantitative estimate of drug-likeness (QED) is 0.594. The van der Waals surface area contributed by atoms with E-state index in [1.165, 1.54) is 5.56 Å². The Hall–Kier alpha value is -2.92. The molecular weight excluding hydrogens is 324 g/mol. The molecule has 0 saturated heterocycles. The number of pyridine rings is 1. The number of hydrogen-bond donors (Lipinski definition) is 2. The molecule has 0 atom stereocenters. The van der Waals surface area contributed by atoms with Crippen LogP contribution in [0.15, 0.2) is 47.3 Å². The maximum absolute atomic E-state index is 13.0. The molecule has 5 nitrogen and oxygen atoms in total. The van der Waals surface area contributed by atoms with Crippen LogP contribution in [0.3, 0.4) is 0 Å². The summed E-state index contributed by atoms with van der Waals surface area (Å²) in [5.74, 6) is 0. The minimum absolute atomic E-state index is 0.00436. The zero-order valence-corrected chi connectivity index (χ0v) is 15.0. The predicted molar refractivity (Wildman–Crippen MR) is 106 cm³/mol. The van der Waals surface area contributed by atoms with Crippen molar-refractivity contribution in [3.63, 3.8) is 0 Å². The lowest BCUT2D eigenvalue weighted by Crippen LogP contribution is -2.22. The molecule has 0 radical (unpaired) electrons. The molecule has 4 aromatic rings. The zero-order chi connectivity index (χ0) is 18.3. The fourth-order valence-corrected chi connectivity index (χ4v) is 3.49. The molecule has 0 amide bonds. The molecule has 2 heterocycles. The minimum Gasteiger partial charge on any atom is -0.330 e. The third-order valence-electron chi connectivity index (χ3n) is 4.92. The molecule has 0 aliphatic carbocycles. The van der Waals surface area contributed by atoms with Gasteiger partial charge < -0.3 is 10.3 Å². The molecule has 5 heteroatoms. The van der Waals surface area contributed by atoms with Crippen LogP contribution in [0.2, 0.25) is 0 Å². The van der Waals surface area contributed by atoms with Gasteiger partial charge in [0.25, 0.3) is 5.56 Å². The molecule has 0 aliphatic rings. The number of aryl methyl sites for hydroxylation is 3. The fraction of sp³-hybridized carbons (Fsp3) is 0.238. The Labute approximate surface area is 151 Å². The highest BCUT2D eigenvalue weighted by atomic mass is 16.1. The summed E-state index contributed by atoms with van der Waals surface area (Å²) in [6.07, 6.45) is 0.761. The normalized spacial score (nSPS) is 11.5. The highest BCUT2D eigenvalue weighted by Gasteiger charge is 2.15. The van der Waals surface area contributed by atoms with Crippen molar-refractivity contribution in [1.29, 1.82) is 0 Å². The van der Waals surface area contributed by atoms with E-state index < -0.39 is 0 Å². The van der Waals surface area contributed by atoms with Crippen molar-refractivity contribution in [2.45, 2.75) is 26.8 Å². The second-order valence-electron chi connectivity index (χ2n) is 6.77. The van der Waals surface area contributed by atoms with E-state index in [0.717, 1.165) is 39.7 Å². The Bertz CT molecular complexity index is 1150. The van der Waals surface area contributed by atoms with Crippen LogP contribution in [0.4, 0.5) is 0 Å². The second-order valence-corrected chi connectivity index (χ2v) is 6.77. The molecule has 0 spiro atoms. The molecule has 0 fully saturated rings. The summed E-state index contributed by atoms with van der Waals surface area (Å²) in [5.41, 5.74) is 11.6. The van der Waals surface area contributed by atoms with Crippen LogP contribution >= 0.6 is 0 Å². The maximum atomic E-state index is 13.0. The third-order valence-corrected chi connectivity index (χ3v) is 4.92. The lowest BCUT2D eigenvalue weighted by atomic mass is 10.0. The van der Waals surface area contributed by atoms with Crippen molar-refractivity contribution in [2.24, 2.45) is 5.73 Å². The minimum atomic E-state index is -0.00436. The first-order chi connectivity index (χ1) is 12.6. The average Bonchev–Trinajstić information content (AvgIpc) is 3.04. The summed E-state index contributed by atoms with van der Waals surface area (Å²) in [6.45, 7) is 5.13. The number of fused-ring (bicyclic) bond motifs is 3. The van der Waals surface area contributed by atoms with Crippen molar-refractivity contribution in [3.8, 4) is 11.1 Å². The highest BCUT2D eigenvalue weighted by Crippen LogP contribution is 2.28. The van der Waals surface area contributed by atoms with E-state index >= 15 is 0 Å². The molecule has 0 saturated carbocycles. The number of aromatic amines is 1. The smallest absolute Gasteiger partial charge is 0.262 e. The van der Waals surface area contributed by atoms with E-state index in [1.54, 1.807) is 0 Å². The zero-order valence-electron chi connectivity index (χ0n) is 15.0. The van der Waals surface area contributed by atoms with Gasteiger partial charge in [-0.15, -0.1) is 0 Å². The molecule has 0 unspecified atom stereocenters. The first kappa shape index (κ1) is 16.5. The molecule has 132 valence electrons. The summed E-state index contributed by atoms with van der Waals surface area (Å²) in [6, 6.07) is 14.7. The van der Waals surface area contributed by atoms with Gasteiger partial charge >= 0.3 is 0 Å². The molecule has 0 aliphatic heterocycles. The topological polar surface area (TPSA) is 76.7 Å². The van der Waals surface area contributed by atoms with Gasteiger partial charge in [-0.1, -0.05) is 35.9 Å². The largest absolute Gasteiger partial charge is 0.330 e. The van der Waals surface area contributed by atoms with Gasteiger partial charge in [0.15, 0.2) is 0 Å². The third kappa shape index (κ3) is 2.61. The average molecular weight is 346 g/mol. The van der Waals surface area contributed by atoms with Gasteiger partial charge in [-0.3, -0.25) is 9.89 Å². The molecular formula is C21H22N4O. The van der Waals surface area contributed by atoms with E-state index in [1.807, 2.05) is 17.6 Å². The Morgan fingerprint density at radius 3 is 2.54 bits per heavy atom. The molecule has 2 aromatic heterocycles. The summed E-state index contributed by atoms with van der Waals surface area (Å²) in [5, 5.41) is 9.03. The fourth-order valence-electron chi connectivity index (χ4n) is 3.49. The van der Waals surface area contributed by atoms with Crippen LogP contribution in [-0.4, -0.2) is 21.3 Å². The number of nitrogens with two attached hydrogens (primary N) is 1.